The first-order valence-electron chi connectivity index (χ1n) is 10.0. The molecule has 0 aliphatic heterocycles. The maximum atomic E-state index is 13.5. The van der Waals surface area contributed by atoms with Gasteiger partial charge < -0.3 is 14.8 Å². The summed E-state index contributed by atoms with van der Waals surface area (Å²) in [5, 5.41) is 1.87. The van der Waals surface area contributed by atoms with Crippen molar-refractivity contribution in [2.24, 2.45) is 0 Å². The summed E-state index contributed by atoms with van der Waals surface area (Å²) in [7, 11) is -1.84. The number of benzene rings is 3. The highest BCUT2D eigenvalue weighted by atomic mass is 35.5. The third-order valence-electron chi connectivity index (χ3n) is 4.91. The van der Waals surface area contributed by atoms with Gasteiger partial charge in [-0.05, 0) is 54.6 Å². The van der Waals surface area contributed by atoms with Crippen molar-refractivity contribution >= 4 is 38.9 Å². The minimum Gasteiger partial charge on any atom is -0.493 e. The molecule has 0 bridgehead atoms. The number of nitrogens with zero attached hydrogens (tertiary/aromatic N) is 1. The largest absolute Gasteiger partial charge is 0.493 e. The van der Waals surface area contributed by atoms with Crippen LogP contribution < -0.4 is 19.1 Å². The van der Waals surface area contributed by atoms with E-state index in [2.05, 4.69) is 5.32 Å². The molecule has 0 unspecified atom stereocenters. The monoisotopic (exact) mass is 546 g/mol. The van der Waals surface area contributed by atoms with Gasteiger partial charge in [-0.25, -0.2) is 12.8 Å². The maximum absolute atomic E-state index is 13.5. The molecule has 0 atom stereocenters. The third kappa shape index (κ3) is 6.00. The van der Waals surface area contributed by atoms with Crippen molar-refractivity contribution in [2.45, 2.75) is 11.1 Å². The van der Waals surface area contributed by atoms with Crippen LogP contribution in [0.15, 0.2) is 65.6 Å². The molecule has 1 amide bonds. The molecule has 36 heavy (non-hydrogen) atoms. The Morgan fingerprint density at radius 1 is 0.972 bits per heavy atom. The molecule has 3 aromatic rings. The van der Waals surface area contributed by atoms with Gasteiger partial charge in [0, 0.05) is 11.1 Å². The van der Waals surface area contributed by atoms with Crippen LogP contribution in [-0.4, -0.2) is 35.1 Å². The molecule has 0 heterocycles. The Bertz CT molecular complexity index is 1370. The number of rotatable bonds is 8. The SMILES string of the molecule is COc1ccc(S(=O)(=O)N(CC(=O)Nc2ccc(Cl)cc2C(F)(F)F)c2ccc(F)cc2)cc1OC. The molecule has 0 aliphatic carbocycles. The summed E-state index contributed by atoms with van der Waals surface area (Å²) in [6, 6.07) is 10.6. The number of alkyl halides is 3. The smallest absolute Gasteiger partial charge is 0.418 e. The zero-order valence-electron chi connectivity index (χ0n) is 18.8. The molecular formula is C23H19ClF4N2O5S. The number of methoxy groups -OCH3 is 2. The molecule has 7 nitrogen and oxygen atoms in total. The summed E-state index contributed by atoms with van der Waals surface area (Å²) in [5.41, 5.74) is -1.92. The molecule has 0 aromatic heterocycles. The van der Waals surface area contributed by atoms with Gasteiger partial charge in [-0.15, -0.1) is 0 Å². The van der Waals surface area contributed by atoms with E-state index in [1.54, 1.807) is 0 Å². The Kier molecular flexibility index (Phi) is 7.99. The highest BCUT2D eigenvalue weighted by molar-refractivity contribution is 7.92. The number of carbonyl (C=O) groups is 1. The van der Waals surface area contributed by atoms with Gasteiger partial charge in [0.1, 0.15) is 12.4 Å². The molecule has 13 heteroatoms. The fourth-order valence-corrected chi connectivity index (χ4v) is 4.82. The van der Waals surface area contributed by atoms with Gasteiger partial charge >= 0.3 is 6.18 Å². The molecule has 0 spiro atoms. The van der Waals surface area contributed by atoms with Crippen LogP contribution in [0.3, 0.4) is 0 Å². The molecule has 1 N–H and O–H groups in total. The number of hydrogen-bond acceptors (Lipinski definition) is 5. The average Bonchev–Trinajstić information content (AvgIpc) is 2.83. The lowest BCUT2D eigenvalue weighted by atomic mass is 10.1. The van der Waals surface area contributed by atoms with E-state index in [0.29, 0.717) is 10.4 Å². The van der Waals surface area contributed by atoms with Crippen molar-refractivity contribution in [3.63, 3.8) is 0 Å². The first kappa shape index (κ1) is 27.1. The van der Waals surface area contributed by atoms with Crippen molar-refractivity contribution in [1.82, 2.24) is 0 Å². The fourth-order valence-electron chi connectivity index (χ4n) is 3.21. The molecule has 0 saturated heterocycles. The zero-order chi connectivity index (χ0) is 26.7. The minimum absolute atomic E-state index is 0.0815. The van der Waals surface area contributed by atoms with Crippen LogP contribution in [0.2, 0.25) is 5.02 Å². The number of ether oxygens (including phenoxy) is 2. The normalized spacial score (nSPS) is 11.6. The number of amides is 1. The summed E-state index contributed by atoms with van der Waals surface area (Å²) >= 11 is 5.66. The Hall–Kier alpha value is -3.51. The van der Waals surface area contributed by atoms with Gasteiger partial charge in [0.25, 0.3) is 10.0 Å². The molecule has 0 fully saturated rings. The van der Waals surface area contributed by atoms with Gasteiger partial charge in [0.05, 0.1) is 36.1 Å². The summed E-state index contributed by atoms with van der Waals surface area (Å²) in [6.07, 6.45) is -4.84. The Balaban J connectivity index is 2.01. The summed E-state index contributed by atoms with van der Waals surface area (Å²) in [4.78, 5) is 12.5. The van der Waals surface area contributed by atoms with Gasteiger partial charge in [-0.1, -0.05) is 11.6 Å². The van der Waals surface area contributed by atoms with E-state index in [1.165, 1.54) is 26.4 Å². The molecular weight excluding hydrogens is 528 g/mol. The van der Waals surface area contributed by atoms with Crippen molar-refractivity contribution in [3.8, 4) is 11.5 Å². The fraction of sp³-hybridized carbons (Fsp3) is 0.174. The van der Waals surface area contributed by atoms with Crippen LogP contribution in [0, 0.1) is 5.82 Å². The first-order chi connectivity index (χ1) is 16.9. The van der Waals surface area contributed by atoms with E-state index in [-0.39, 0.29) is 27.1 Å². The van der Waals surface area contributed by atoms with E-state index >= 15 is 0 Å². The summed E-state index contributed by atoms with van der Waals surface area (Å²) in [5.74, 6) is -1.43. The average molecular weight is 547 g/mol. The second-order valence-electron chi connectivity index (χ2n) is 7.24. The summed E-state index contributed by atoms with van der Waals surface area (Å²) < 4.78 is 91.6. The van der Waals surface area contributed by atoms with Crippen molar-refractivity contribution in [1.29, 1.82) is 0 Å². The number of nitrogens with one attached hydrogen (secondary N) is 1. The Morgan fingerprint density at radius 2 is 1.61 bits per heavy atom. The van der Waals surface area contributed by atoms with Crippen LogP contribution in [0.1, 0.15) is 5.56 Å². The molecule has 192 valence electrons. The Morgan fingerprint density at radius 3 is 2.19 bits per heavy atom. The second-order valence-corrected chi connectivity index (χ2v) is 9.54. The molecule has 3 aromatic carbocycles. The number of sulfonamides is 1. The standard InChI is InChI=1S/C23H19ClF4N2O5S/c1-34-20-10-8-17(12-21(20)35-2)36(32,33)30(16-6-4-15(25)5-7-16)13-22(31)29-19-9-3-14(24)11-18(19)23(26,27)28/h3-12H,13H2,1-2H3,(H,29,31). The van der Waals surface area contributed by atoms with Gasteiger partial charge in [0.2, 0.25) is 5.91 Å². The van der Waals surface area contributed by atoms with E-state index < -0.39 is 45.7 Å². The summed E-state index contributed by atoms with van der Waals surface area (Å²) in [6.45, 7) is -0.928. The van der Waals surface area contributed by atoms with E-state index in [9.17, 15) is 30.8 Å². The lowest BCUT2D eigenvalue weighted by Crippen LogP contribution is -2.38. The third-order valence-corrected chi connectivity index (χ3v) is 6.91. The topological polar surface area (TPSA) is 84.9 Å². The van der Waals surface area contributed by atoms with Gasteiger partial charge in [-0.3, -0.25) is 9.10 Å². The molecule has 3 rings (SSSR count). The van der Waals surface area contributed by atoms with Crippen molar-refractivity contribution in [2.75, 3.05) is 30.4 Å². The quantitative estimate of drug-likeness (QED) is 0.385. The van der Waals surface area contributed by atoms with E-state index in [0.717, 1.165) is 42.5 Å². The number of halogens is 5. The van der Waals surface area contributed by atoms with Crippen LogP contribution in [-0.2, 0) is 21.0 Å². The Labute approximate surface area is 209 Å². The predicted octanol–water partition coefficient (Wildman–Crippen LogP) is 5.35. The van der Waals surface area contributed by atoms with Crippen LogP contribution >= 0.6 is 11.6 Å². The minimum atomic E-state index is -4.84. The lowest BCUT2D eigenvalue weighted by molar-refractivity contribution is -0.137. The lowest BCUT2D eigenvalue weighted by Gasteiger charge is -2.25. The zero-order valence-corrected chi connectivity index (χ0v) is 20.3. The number of anilines is 2. The van der Waals surface area contributed by atoms with Crippen molar-refractivity contribution in [3.05, 3.63) is 77.1 Å². The van der Waals surface area contributed by atoms with E-state index in [1.807, 2.05) is 0 Å². The van der Waals surface area contributed by atoms with Crippen LogP contribution in [0.25, 0.3) is 0 Å². The van der Waals surface area contributed by atoms with Gasteiger partial charge in [-0.2, -0.15) is 13.2 Å². The van der Waals surface area contributed by atoms with Gasteiger partial charge in [0.15, 0.2) is 11.5 Å². The van der Waals surface area contributed by atoms with Crippen LogP contribution in [0.5, 0.6) is 11.5 Å². The number of carbonyl (C=O) groups excluding carboxylic acids is 1. The van der Waals surface area contributed by atoms with Crippen molar-refractivity contribution < 1.29 is 40.2 Å². The van der Waals surface area contributed by atoms with Crippen LogP contribution in [0.4, 0.5) is 28.9 Å². The molecule has 0 radical (unpaired) electrons. The first-order valence-corrected chi connectivity index (χ1v) is 11.9. The van der Waals surface area contributed by atoms with E-state index in [4.69, 9.17) is 21.1 Å². The second kappa shape index (κ2) is 10.6. The number of hydrogen-bond donors (Lipinski definition) is 1. The maximum Gasteiger partial charge on any atom is 0.418 e. The molecule has 0 saturated carbocycles. The highest BCUT2D eigenvalue weighted by Crippen LogP contribution is 2.37. The highest BCUT2D eigenvalue weighted by Gasteiger charge is 2.35. The predicted molar refractivity (Wildman–Crippen MR) is 126 cm³/mol. The molecule has 0 aliphatic rings.